The van der Waals surface area contributed by atoms with Crippen LogP contribution in [0.25, 0.3) is 0 Å². The van der Waals surface area contributed by atoms with Gasteiger partial charge in [0.05, 0.1) is 0 Å². The van der Waals surface area contributed by atoms with Gasteiger partial charge in [-0.1, -0.05) is 11.6 Å². The van der Waals surface area contributed by atoms with Gasteiger partial charge in [0.15, 0.2) is 0 Å². The van der Waals surface area contributed by atoms with Gasteiger partial charge in [0, 0.05) is 42.5 Å². The summed E-state index contributed by atoms with van der Waals surface area (Å²) in [5.41, 5.74) is 0.192. The predicted octanol–water partition coefficient (Wildman–Crippen LogP) is 5.28. The Kier molecular flexibility index (Phi) is 7.19. The highest BCUT2D eigenvalue weighted by Gasteiger charge is 2.45. The summed E-state index contributed by atoms with van der Waals surface area (Å²) in [5.74, 6) is -1.48. The average molecular weight is 508 g/mol. The number of carbonyl (C=O) groups is 2. The fourth-order valence-corrected chi connectivity index (χ4v) is 4.62. The summed E-state index contributed by atoms with van der Waals surface area (Å²) >= 11 is 6.00. The maximum atomic E-state index is 14.1. The number of likely N-dealkylation sites (tertiary alicyclic amines) is 1. The van der Waals surface area contributed by atoms with Crippen molar-refractivity contribution in [2.24, 2.45) is 0 Å². The molecule has 0 bridgehead atoms. The van der Waals surface area contributed by atoms with Gasteiger partial charge < -0.3 is 14.8 Å². The predicted molar refractivity (Wildman–Crippen MR) is 128 cm³/mol. The van der Waals surface area contributed by atoms with Crippen LogP contribution in [0.4, 0.5) is 24.1 Å². The molecule has 2 aromatic carbocycles. The number of cyclic esters (lactones) is 1. The van der Waals surface area contributed by atoms with Crippen LogP contribution in [0.2, 0.25) is 5.02 Å². The van der Waals surface area contributed by atoms with Gasteiger partial charge in [0.25, 0.3) is 0 Å². The standard InChI is InChI=1S/C25H28ClF2N3O4/c1-25(2,3)35-23(32)29-19-8-9-30(13-19)14-21-22(15-10-17(27)12-18(28)11-15)31(24(33)34-21)20-6-4-16(26)5-7-20/h4-7,10-12,19,21-22H,8-9,13-14H2,1-3H3,(H,29,32)/t19?,21-,22-/m0/s1. The van der Waals surface area contributed by atoms with E-state index >= 15 is 0 Å². The molecule has 2 heterocycles. The van der Waals surface area contributed by atoms with Gasteiger partial charge in [-0.15, -0.1) is 0 Å². The van der Waals surface area contributed by atoms with Crippen LogP contribution in [0, 0.1) is 11.6 Å². The normalized spacial score (nSPS) is 22.9. The largest absolute Gasteiger partial charge is 0.444 e. The Morgan fingerprint density at radius 1 is 1.17 bits per heavy atom. The zero-order chi connectivity index (χ0) is 25.3. The first kappa shape index (κ1) is 25.2. The van der Waals surface area contributed by atoms with E-state index in [4.69, 9.17) is 21.1 Å². The minimum absolute atomic E-state index is 0.126. The van der Waals surface area contributed by atoms with Crippen LogP contribution in [0.5, 0.6) is 0 Å². The van der Waals surface area contributed by atoms with Crippen molar-refractivity contribution in [2.45, 2.75) is 51.0 Å². The average Bonchev–Trinajstić information content (AvgIpc) is 3.30. The van der Waals surface area contributed by atoms with Crippen molar-refractivity contribution in [3.8, 4) is 0 Å². The summed E-state index contributed by atoms with van der Waals surface area (Å²) in [6, 6.07) is 8.91. The van der Waals surface area contributed by atoms with E-state index in [1.165, 1.54) is 17.0 Å². The molecular weight excluding hydrogens is 480 g/mol. The number of amides is 2. The molecule has 0 saturated carbocycles. The Bertz CT molecular complexity index is 1070. The van der Waals surface area contributed by atoms with E-state index in [9.17, 15) is 18.4 Å². The lowest BCUT2D eigenvalue weighted by Gasteiger charge is -2.28. The Morgan fingerprint density at radius 2 is 1.83 bits per heavy atom. The van der Waals surface area contributed by atoms with Gasteiger partial charge in [0.1, 0.15) is 29.4 Å². The molecule has 3 atom stereocenters. The first-order chi connectivity index (χ1) is 16.5. The van der Waals surface area contributed by atoms with Crippen LogP contribution in [0.1, 0.15) is 38.8 Å². The van der Waals surface area contributed by atoms with E-state index < -0.39 is 41.6 Å². The van der Waals surface area contributed by atoms with Crippen molar-refractivity contribution in [1.29, 1.82) is 0 Å². The second-order valence-corrected chi connectivity index (χ2v) is 10.2. The molecule has 7 nitrogen and oxygen atoms in total. The number of alkyl carbamates (subject to hydrolysis) is 1. The highest BCUT2D eigenvalue weighted by Crippen LogP contribution is 2.39. The molecule has 1 N–H and O–H groups in total. The van der Waals surface area contributed by atoms with E-state index in [1.54, 1.807) is 45.0 Å². The molecule has 10 heteroatoms. The molecule has 2 aliphatic heterocycles. The maximum Gasteiger partial charge on any atom is 0.415 e. The lowest BCUT2D eigenvalue weighted by Crippen LogP contribution is -2.42. The van der Waals surface area contributed by atoms with Gasteiger partial charge in [-0.05, 0) is 69.2 Å². The lowest BCUT2D eigenvalue weighted by atomic mass is 9.99. The van der Waals surface area contributed by atoms with Gasteiger partial charge in [-0.2, -0.15) is 0 Å². The summed E-state index contributed by atoms with van der Waals surface area (Å²) in [5, 5.41) is 3.36. The number of benzene rings is 2. The van der Waals surface area contributed by atoms with Gasteiger partial charge in [-0.25, -0.2) is 18.4 Å². The van der Waals surface area contributed by atoms with E-state index in [2.05, 4.69) is 5.32 Å². The first-order valence-corrected chi connectivity index (χ1v) is 11.8. The molecule has 2 aliphatic rings. The lowest BCUT2D eigenvalue weighted by molar-refractivity contribution is 0.0504. The van der Waals surface area contributed by atoms with Crippen molar-refractivity contribution in [1.82, 2.24) is 10.2 Å². The molecule has 0 aliphatic carbocycles. The minimum atomic E-state index is -0.758. The molecule has 0 radical (unpaired) electrons. The first-order valence-electron chi connectivity index (χ1n) is 11.4. The van der Waals surface area contributed by atoms with Crippen LogP contribution >= 0.6 is 11.6 Å². The van der Waals surface area contributed by atoms with Crippen LogP contribution in [-0.4, -0.2) is 54.5 Å². The molecule has 2 saturated heterocycles. The molecule has 188 valence electrons. The van der Waals surface area contributed by atoms with Crippen LogP contribution in [-0.2, 0) is 9.47 Å². The zero-order valence-electron chi connectivity index (χ0n) is 19.8. The molecule has 2 fully saturated rings. The van der Waals surface area contributed by atoms with Crippen LogP contribution < -0.4 is 10.2 Å². The van der Waals surface area contributed by atoms with Crippen molar-refractivity contribution in [3.63, 3.8) is 0 Å². The number of nitrogens with zero attached hydrogens (tertiary/aromatic N) is 2. The number of anilines is 1. The Morgan fingerprint density at radius 3 is 2.46 bits per heavy atom. The highest BCUT2D eigenvalue weighted by atomic mass is 35.5. The van der Waals surface area contributed by atoms with Gasteiger partial charge in [-0.3, -0.25) is 9.80 Å². The van der Waals surface area contributed by atoms with Crippen molar-refractivity contribution in [3.05, 3.63) is 64.7 Å². The van der Waals surface area contributed by atoms with Gasteiger partial charge in [0.2, 0.25) is 0 Å². The second-order valence-electron chi connectivity index (χ2n) is 9.81. The molecule has 2 aromatic rings. The van der Waals surface area contributed by atoms with Crippen molar-refractivity contribution < 1.29 is 27.8 Å². The van der Waals surface area contributed by atoms with E-state index in [1.807, 2.05) is 4.90 Å². The maximum absolute atomic E-state index is 14.1. The molecule has 2 amide bonds. The third kappa shape index (κ3) is 6.21. The summed E-state index contributed by atoms with van der Waals surface area (Å²) < 4.78 is 39.3. The SMILES string of the molecule is CC(C)(C)OC(=O)NC1CCN(C[C@@H]2OC(=O)N(c3ccc(Cl)cc3)[C@H]2c2cc(F)cc(F)c2)C1. The third-order valence-electron chi connectivity index (χ3n) is 5.84. The number of hydrogen-bond acceptors (Lipinski definition) is 5. The zero-order valence-corrected chi connectivity index (χ0v) is 20.5. The van der Waals surface area contributed by atoms with E-state index in [0.29, 0.717) is 36.8 Å². The van der Waals surface area contributed by atoms with Gasteiger partial charge >= 0.3 is 12.2 Å². The third-order valence-corrected chi connectivity index (χ3v) is 6.09. The number of hydrogen-bond donors (Lipinski definition) is 1. The molecule has 4 rings (SSSR count). The molecule has 0 aromatic heterocycles. The summed E-state index contributed by atoms with van der Waals surface area (Å²) in [6.45, 7) is 6.89. The van der Waals surface area contributed by atoms with Crippen molar-refractivity contribution in [2.75, 3.05) is 24.5 Å². The molecule has 35 heavy (non-hydrogen) atoms. The second kappa shape index (κ2) is 9.99. The number of ether oxygens (including phenoxy) is 2. The smallest absolute Gasteiger partial charge is 0.415 e. The minimum Gasteiger partial charge on any atom is -0.444 e. The molecule has 1 unspecified atom stereocenters. The quantitative estimate of drug-likeness (QED) is 0.596. The number of carbonyl (C=O) groups excluding carboxylic acids is 2. The number of nitrogens with one attached hydrogen (secondary N) is 1. The van der Waals surface area contributed by atoms with Crippen LogP contribution in [0.3, 0.4) is 0 Å². The highest BCUT2D eigenvalue weighted by molar-refractivity contribution is 6.30. The molecular formula is C25H28ClF2N3O4. The van der Waals surface area contributed by atoms with Crippen molar-refractivity contribution >= 4 is 29.5 Å². The fraction of sp³-hybridized carbons (Fsp3) is 0.440. The molecule has 0 spiro atoms. The topological polar surface area (TPSA) is 71.1 Å². The van der Waals surface area contributed by atoms with E-state index in [0.717, 1.165) is 6.07 Å². The number of rotatable bonds is 5. The monoisotopic (exact) mass is 507 g/mol. The summed E-state index contributed by atoms with van der Waals surface area (Å²) in [6.07, 6.45) is -1.10. The Balaban J connectivity index is 1.53. The Hall–Kier alpha value is -2.91. The fourth-order valence-electron chi connectivity index (χ4n) is 4.49. The van der Waals surface area contributed by atoms with Crippen LogP contribution in [0.15, 0.2) is 42.5 Å². The number of halogens is 3. The Labute approximate surface area is 207 Å². The summed E-state index contributed by atoms with van der Waals surface area (Å²) in [4.78, 5) is 28.5. The summed E-state index contributed by atoms with van der Waals surface area (Å²) in [7, 11) is 0. The van der Waals surface area contributed by atoms with E-state index in [-0.39, 0.29) is 11.6 Å².